The molecule has 0 N–H and O–H groups in total. The van der Waals surface area contributed by atoms with Crippen molar-refractivity contribution >= 4 is 108 Å². The van der Waals surface area contributed by atoms with Crippen molar-refractivity contribution in [3.63, 3.8) is 0 Å². The van der Waals surface area contributed by atoms with Crippen molar-refractivity contribution in [3.8, 4) is 34.2 Å². The molecular weight excluding hydrogens is 921 g/mol. The van der Waals surface area contributed by atoms with Crippen molar-refractivity contribution in [1.29, 1.82) is 0 Å². The summed E-state index contributed by atoms with van der Waals surface area (Å²) in [5.41, 5.74) is 13.9. The molecule has 14 aromatic carbocycles. The number of benzene rings is 14. The topological polar surface area (TPSA) is 35.6 Å². The molecule has 0 aliphatic heterocycles. The van der Waals surface area contributed by atoms with Gasteiger partial charge in [0.15, 0.2) is 0 Å². The van der Waals surface area contributed by atoms with Gasteiger partial charge in [-0.15, -0.1) is 0 Å². The van der Waals surface area contributed by atoms with Crippen molar-refractivity contribution in [3.05, 3.63) is 253 Å². The lowest BCUT2D eigenvalue weighted by atomic mass is 9.92. The molecule has 16 rings (SSSR count). The molecule has 0 atom stereocenters. The summed E-state index contributed by atoms with van der Waals surface area (Å²) in [5.74, 6) is 1.94. The van der Waals surface area contributed by atoms with E-state index in [0.717, 1.165) is 56.2 Å². The maximum atomic E-state index is 5.53. The number of aromatic nitrogens is 4. The summed E-state index contributed by atoms with van der Waals surface area (Å²) in [6, 6.07) is 83.7. The highest BCUT2D eigenvalue weighted by Crippen LogP contribution is 2.45. The molecule has 76 heavy (non-hydrogen) atoms. The second-order valence-electron chi connectivity index (χ2n) is 20.8. The molecule has 2 heterocycles. The molecule has 0 saturated carbocycles. The summed E-state index contributed by atoms with van der Waals surface area (Å²) >= 11 is 0. The van der Waals surface area contributed by atoms with E-state index in [1.54, 1.807) is 0 Å². The third kappa shape index (κ3) is 6.70. The first-order chi connectivity index (χ1) is 37.3. The smallest absolute Gasteiger partial charge is 0.146 e. The Morgan fingerprint density at radius 2 is 0.684 bits per heavy atom. The van der Waals surface area contributed by atoms with Gasteiger partial charge in [0.25, 0.3) is 0 Å². The van der Waals surface area contributed by atoms with E-state index >= 15 is 0 Å². The molecule has 0 aliphatic rings. The normalized spacial score (nSPS) is 11.9. The number of hydrogen-bond donors (Lipinski definition) is 0. The molecule has 358 valence electrons. The van der Waals surface area contributed by atoms with E-state index < -0.39 is 0 Å². The third-order valence-corrected chi connectivity index (χ3v) is 15.9. The maximum absolute atomic E-state index is 5.53. The maximum Gasteiger partial charge on any atom is 0.146 e. The second kappa shape index (κ2) is 17.0. The van der Waals surface area contributed by atoms with E-state index in [1.807, 2.05) is 0 Å². The van der Waals surface area contributed by atoms with Crippen molar-refractivity contribution in [1.82, 2.24) is 19.1 Å². The van der Waals surface area contributed by atoms with Crippen LogP contribution in [0.4, 0.5) is 0 Å². The molecular formula is C72H50N4. The van der Waals surface area contributed by atoms with Crippen LogP contribution in [-0.4, -0.2) is 19.1 Å². The molecule has 4 heteroatoms. The average molecular weight is 971 g/mol. The summed E-state index contributed by atoms with van der Waals surface area (Å²) in [7, 11) is 0. The van der Waals surface area contributed by atoms with Crippen molar-refractivity contribution in [2.75, 3.05) is 0 Å². The van der Waals surface area contributed by atoms with Crippen molar-refractivity contribution in [2.24, 2.45) is 0 Å². The molecule has 0 radical (unpaired) electrons. The summed E-state index contributed by atoms with van der Waals surface area (Å²) in [5, 5.41) is 20.0. The van der Waals surface area contributed by atoms with Crippen LogP contribution in [0.2, 0.25) is 0 Å². The monoisotopic (exact) mass is 970 g/mol. The standard InChI is InChI=1S/C39H26N2.C33H24N2/c1-23-11-17-30-33(21-23)34-22-24(2)12-18-31(34)38-37(30)40-39(41(38)28-9-4-3-5-10-28)32-20-16-27-14-13-25-7-6-8-26-15-19-29(32)36(27)35(25)26;1-21-15-17-26-27-18-16-22(2)20-30(27)32-31(29(26)19-21)34-33(35(32)24-11-4-3-5-12-24)28-14-8-10-23-9-6-7-13-25(23)28/h3-22H,1-2H3;3-20H,1-2H3. The predicted molar refractivity (Wildman–Crippen MR) is 323 cm³/mol. The largest absolute Gasteiger partial charge is 0.292 e. The number of nitrogens with zero attached hydrogens (tertiary/aromatic N) is 4. The fourth-order valence-electron chi connectivity index (χ4n) is 12.4. The Balaban J connectivity index is 0.000000135. The van der Waals surface area contributed by atoms with Crippen LogP contribution in [0.1, 0.15) is 22.3 Å². The molecule has 16 aromatic rings. The summed E-state index contributed by atoms with van der Waals surface area (Å²) in [4.78, 5) is 11.0. The highest BCUT2D eigenvalue weighted by molar-refractivity contribution is 6.28. The molecule has 4 nitrogen and oxygen atoms in total. The zero-order valence-electron chi connectivity index (χ0n) is 42.7. The minimum Gasteiger partial charge on any atom is -0.292 e. The van der Waals surface area contributed by atoms with Crippen LogP contribution in [0.5, 0.6) is 0 Å². The van der Waals surface area contributed by atoms with Gasteiger partial charge >= 0.3 is 0 Å². The van der Waals surface area contributed by atoms with Gasteiger partial charge in [0.05, 0.1) is 22.1 Å². The first-order valence-corrected chi connectivity index (χ1v) is 26.3. The predicted octanol–water partition coefficient (Wildman–Crippen LogP) is 19.3. The van der Waals surface area contributed by atoms with E-state index in [4.69, 9.17) is 9.97 Å². The zero-order valence-corrected chi connectivity index (χ0v) is 42.7. The Morgan fingerprint density at radius 1 is 0.263 bits per heavy atom. The van der Waals surface area contributed by atoms with Gasteiger partial charge in [0.2, 0.25) is 0 Å². The first-order valence-electron chi connectivity index (χ1n) is 26.3. The third-order valence-electron chi connectivity index (χ3n) is 15.9. The van der Waals surface area contributed by atoms with Crippen LogP contribution < -0.4 is 0 Å². The van der Waals surface area contributed by atoms with E-state index in [2.05, 4.69) is 267 Å². The van der Waals surface area contributed by atoms with Crippen LogP contribution in [0.3, 0.4) is 0 Å². The van der Waals surface area contributed by atoms with Gasteiger partial charge < -0.3 is 0 Å². The van der Waals surface area contributed by atoms with Crippen LogP contribution in [0.15, 0.2) is 231 Å². The molecule has 0 spiro atoms. The Bertz CT molecular complexity index is 5000. The summed E-state index contributed by atoms with van der Waals surface area (Å²) in [6.45, 7) is 8.67. The number of imidazole rings is 2. The van der Waals surface area contributed by atoms with Crippen LogP contribution in [0.25, 0.3) is 142 Å². The quantitative estimate of drug-likeness (QED) is 0.165. The highest BCUT2D eigenvalue weighted by atomic mass is 15.1. The molecule has 0 fully saturated rings. The lowest BCUT2D eigenvalue weighted by Crippen LogP contribution is -1.99. The van der Waals surface area contributed by atoms with Gasteiger partial charge in [-0.05, 0) is 135 Å². The zero-order chi connectivity index (χ0) is 50.8. The highest BCUT2D eigenvalue weighted by Gasteiger charge is 2.24. The second-order valence-corrected chi connectivity index (χ2v) is 20.8. The van der Waals surface area contributed by atoms with Gasteiger partial charge in [0, 0.05) is 44.0 Å². The fraction of sp³-hybridized carbons (Fsp3) is 0.0556. The Labute approximate surface area is 439 Å². The van der Waals surface area contributed by atoms with Gasteiger partial charge in [0.1, 0.15) is 11.6 Å². The van der Waals surface area contributed by atoms with Crippen LogP contribution >= 0.6 is 0 Å². The van der Waals surface area contributed by atoms with E-state index in [1.165, 1.54) is 108 Å². The summed E-state index contributed by atoms with van der Waals surface area (Å²) < 4.78 is 4.75. The minimum atomic E-state index is 0.971. The molecule has 0 saturated heterocycles. The average Bonchev–Trinajstić information content (AvgIpc) is 4.20. The van der Waals surface area contributed by atoms with Gasteiger partial charge in [-0.2, -0.15) is 0 Å². The Morgan fingerprint density at radius 3 is 1.34 bits per heavy atom. The van der Waals surface area contributed by atoms with Crippen LogP contribution in [0, 0.1) is 27.7 Å². The van der Waals surface area contributed by atoms with Gasteiger partial charge in [-0.3, -0.25) is 9.13 Å². The number of rotatable bonds is 4. The number of aryl methyl sites for hydroxylation is 4. The lowest BCUT2D eigenvalue weighted by molar-refractivity contribution is 1.11. The minimum absolute atomic E-state index is 0.971. The molecule has 0 bridgehead atoms. The van der Waals surface area contributed by atoms with Crippen LogP contribution in [-0.2, 0) is 0 Å². The molecule has 0 unspecified atom stereocenters. The van der Waals surface area contributed by atoms with Gasteiger partial charge in [-0.1, -0.05) is 210 Å². The Kier molecular flexibility index (Phi) is 9.79. The van der Waals surface area contributed by atoms with Crippen molar-refractivity contribution in [2.45, 2.75) is 27.7 Å². The van der Waals surface area contributed by atoms with Crippen molar-refractivity contribution < 1.29 is 0 Å². The Hall–Kier alpha value is -9.64. The summed E-state index contributed by atoms with van der Waals surface area (Å²) in [6.07, 6.45) is 0. The van der Waals surface area contributed by atoms with E-state index in [9.17, 15) is 0 Å². The number of hydrogen-bond acceptors (Lipinski definition) is 2. The lowest BCUT2D eigenvalue weighted by Gasteiger charge is -2.16. The van der Waals surface area contributed by atoms with E-state index in [0.29, 0.717) is 0 Å². The first kappa shape index (κ1) is 43.9. The number of fused-ring (bicyclic) bond motifs is 13. The number of para-hydroxylation sites is 2. The van der Waals surface area contributed by atoms with E-state index in [-0.39, 0.29) is 0 Å². The molecule has 0 aliphatic carbocycles. The van der Waals surface area contributed by atoms with Gasteiger partial charge in [-0.25, -0.2) is 9.97 Å². The fourth-order valence-corrected chi connectivity index (χ4v) is 12.4. The molecule has 0 amide bonds. The molecule has 2 aromatic heterocycles. The SMILES string of the molecule is Cc1ccc2c(c1)c1cc(C)ccc1c1c2nc(-c2ccc3ccc4cccc5ccc2c3c45)n1-c1ccccc1.Cc1ccc2c3ccc(C)cc3c3c(nc(-c4cccc5ccccc45)n3-c3ccccc3)c2c1.